The summed E-state index contributed by atoms with van der Waals surface area (Å²) in [4.78, 5) is 16.2. The Bertz CT molecular complexity index is 1060. The Morgan fingerprint density at radius 3 is 2.47 bits per heavy atom. The van der Waals surface area contributed by atoms with Crippen molar-refractivity contribution >= 4 is 17.4 Å². The fourth-order valence-corrected chi connectivity index (χ4v) is 4.75. The molecule has 0 radical (unpaired) electrons. The standard InChI is InChI=1S/C27H29FN2O4/c28-25-18-23(29-12-10-22(11-13-29)26-32-16-17-33-26)6-7-24(25)21-8-14-30(15-9-21)27(31)34-19-20-4-2-1-3-5-20/h1-8,16-18,22,26H,9-15,19H2. The van der Waals surface area contributed by atoms with E-state index in [1.807, 2.05) is 48.5 Å². The minimum absolute atomic E-state index is 0.185. The highest BCUT2D eigenvalue weighted by atomic mass is 19.1. The predicted molar refractivity (Wildman–Crippen MR) is 127 cm³/mol. The maximum atomic E-state index is 15.1. The van der Waals surface area contributed by atoms with Crippen molar-refractivity contribution in [3.8, 4) is 0 Å². The Balaban J connectivity index is 1.15. The number of hydrogen-bond acceptors (Lipinski definition) is 5. The van der Waals surface area contributed by atoms with Gasteiger partial charge in [-0.1, -0.05) is 36.4 Å². The second kappa shape index (κ2) is 10.2. The van der Waals surface area contributed by atoms with Gasteiger partial charge in [-0.3, -0.25) is 0 Å². The van der Waals surface area contributed by atoms with Crippen molar-refractivity contribution in [2.45, 2.75) is 32.2 Å². The zero-order chi connectivity index (χ0) is 23.3. The van der Waals surface area contributed by atoms with Gasteiger partial charge in [-0.2, -0.15) is 0 Å². The molecule has 0 aliphatic carbocycles. The number of amides is 1. The molecule has 1 saturated heterocycles. The van der Waals surface area contributed by atoms with E-state index < -0.39 is 0 Å². The van der Waals surface area contributed by atoms with Gasteiger partial charge in [-0.05, 0) is 48.6 Å². The predicted octanol–water partition coefficient (Wildman–Crippen LogP) is 5.31. The van der Waals surface area contributed by atoms with Crippen LogP contribution in [0.1, 0.15) is 30.4 Å². The summed E-state index contributed by atoms with van der Waals surface area (Å²) < 4.78 is 31.4. The van der Waals surface area contributed by atoms with Crippen LogP contribution in [0.15, 0.2) is 67.1 Å². The maximum Gasteiger partial charge on any atom is 0.410 e. The summed E-state index contributed by atoms with van der Waals surface area (Å²) in [6.07, 6.45) is 7.06. The van der Waals surface area contributed by atoms with E-state index >= 15 is 4.39 Å². The van der Waals surface area contributed by atoms with E-state index in [1.54, 1.807) is 23.5 Å². The molecule has 0 unspecified atom stereocenters. The third-order valence-corrected chi connectivity index (χ3v) is 6.74. The first-order valence-corrected chi connectivity index (χ1v) is 11.8. The monoisotopic (exact) mass is 464 g/mol. The summed E-state index contributed by atoms with van der Waals surface area (Å²) in [5, 5.41) is 0. The molecule has 3 aliphatic heterocycles. The van der Waals surface area contributed by atoms with E-state index in [-0.39, 0.29) is 24.8 Å². The van der Waals surface area contributed by atoms with Gasteiger partial charge in [0.25, 0.3) is 0 Å². The average Bonchev–Trinajstić information content (AvgIpc) is 3.43. The molecule has 0 aromatic heterocycles. The van der Waals surface area contributed by atoms with Gasteiger partial charge in [0.1, 0.15) is 24.9 Å². The normalized spacial score (nSPS) is 18.9. The number of nitrogens with zero attached hydrogens (tertiary/aromatic N) is 2. The van der Waals surface area contributed by atoms with E-state index in [9.17, 15) is 4.79 Å². The molecule has 7 heteroatoms. The molecule has 1 fully saturated rings. The number of benzene rings is 2. The molecule has 3 aliphatic rings. The molecule has 0 atom stereocenters. The lowest BCUT2D eigenvalue weighted by molar-refractivity contribution is -0.0728. The van der Waals surface area contributed by atoms with Crippen molar-refractivity contribution < 1.29 is 23.4 Å². The van der Waals surface area contributed by atoms with Crippen molar-refractivity contribution in [3.63, 3.8) is 0 Å². The van der Waals surface area contributed by atoms with Gasteiger partial charge in [-0.25, -0.2) is 9.18 Å². The van der Waals surface area contributed by atoms with Crippen LogP contribution in [-0.4, -0.2) is 43.5 Å². The molecule has 0 saturated carbocycles. The highest BCUT2D eigenvalue weighted by molar-refractivity contribution is 5.73. The van der Waals surface area contributed by atoms with Crippen LogP contribution < -0.4 is 4.90 Å². The fraction of sp³-hybridized carbons (Fsp3) is 0.370. The highest BCUT2D eigenvalue weighted by Gasteiger charge is 2.30. The fourth-order valence-electron chi connectivity index (χ4n) is 4.75. The molecule has 5 rings (SSSR count). The zero-order valence-electron chi connectivity index (χ0n) is 19.1. The molecule has 6 nitrogen and oxygen atoms in total. The molecule has 2 aromatic rings. The van der Waals surface area contributed by atoms with Gasteiger partial charge >= 0.3 is 6.09 Å². The summed E-state index contributed by atoms with van der Waals surface area (Å²) in [6, 6.07) is 15.1. The molecule has 2 aromatic carbocycles. The third kappa shape index (κ3) is 5.03. The number of carbonyl (C=O) groups is 1. The second-order valence-corrected chi connectivity index (χ2v) is 8.87. The third-order valence-electron chi connectivity index (χ3n) is 6.74. The lowest BCUT2D eigenvalue weighted by atomic mass is 9.95. The molecular formula is C27H29FN2O4. The lowest BCUT2D eigenvalue weighted by Crippen LogP contribution is -2.38. The van der Waals surface area contributed by atoms with E-state index in [0.717, 1.165) is 42.8 Å². The topological polar surface area (TPSA) is 51.2 Å². The van der Waals surface area contributed by atoms with E-state index in [0.29, 0.717) is 31.0 Å². The minimum Gasteiger partial charge on any atom is -0.459 e. The van der Waals surface area contributed by atoms with Crippen molar-refractivity contribution in [3.05, 3.63) is 84.1 Å². The van der Waals surface area contributed by atoms with Crippen molar-refractivity contribution in [1.29, 1.82) is 0 Å². The van der Waals surface area contributed by atoms with Crippen LogP contribution in [0.4, 0.5) is 14.9 Å². The summed E-state index contributed by atoms with van der Waals surface area (Å²) in [5.41, 5.74) is 3.38. The molecule has 1 amide bonds. The Morgan fingerprint density at radius 1 is 1.03 bits per heavy atom. The van der Waals surface area contributed by atoms with Crippen LogP contribution in [0, 0.1) is 11.7 Å². The smallest absolute Gasteiger partial charge is 0.410 e. The van der Waals surface area contributed by atoms with E-state index in [1.165, 1.54) is 0 Å². The molecule has 178 valence electrons. The molecule has 0 bridgehead atoms. The number of rotatable bonds is 5. The summed E-state index contributed by atoms with van der Waals surface area (Å²) >= 11 is 0. The number of carbonyl (C=O) groups excluding carboxylic acids is 1. The highest BCUT2D eigenvalue weighted by Crippen LogP contribution is 2.32. The largest absolute Gasteiger partial charge is 0.459 e. The summed E-state index contributed by atoms with van der Waals surface area (Å²) in [5.74, 6) is 0.128. The van der Waals surface area contributed by atoms with Crippen molar-refractivity contribution in [2.75, 3.05) is 31.1 Å². The van der Waals surface area contributed by atoms with Crippen LogP contribution in [0.5, 0.6) is 0 Å². The van der Waals surface area contributed by atoms with Crippen LogP contribution in [0.2, 0.25) is 0 Å². The van der Waals surface area contributed by atoms with E-state index in [4.69, 9.17) is 14.2 Å². The minimum atomic E-state index is -0.345. The average molecular weight is 465 g/mol. The SMILES string of the molecule is O=C(OCc1ccccc1)N1CC=C(c2ccc(N3CCC(C4OC=CO4)CC3)cc2F)CC1. The molecule has 3 heterocycles. The van der Waals surface area contributed by atoms with Gasteiger partial charge in [-0.15, -0.1) is 0 Å². The van der Waals surface area contributed by atoms with Gasteiger partial charge in [0.15, 0.2) is 0 Å². The summed E-state index contributed by atoms with van der Waals surface area (Å²) in [7, 11) is 0. The molecular weight excluding hydrogens is 435 g/mol. The first-order valence-electron chi connectivity index (χ1n) is 11.8. The Hall–Kier alpha value is -3.48. The van der Waals surface area contributed by atoms with Crippen molar-refractivity contribution in [1.82, 2.24) is 4.90 Å². The second-order valence-electron chi connectivity index (χ2n) is 8.87. The number of piperidine rings is 1. The number of hydrogen-bond donors (Lipinski definition) is 0. The van der Waals surface area contributed by atoms with Gasteiger partial charge in [0, 0.05) is 43.3 Å². The van der Waals surface area contributed by atoms with Crippen LogP contribution in [-0.2, 0) is 20.8 Å². The number of halogens is 1. The van der Waals surface area contributed by atoms with Crippen LogP contribution in [0.3, 0.4) is 0 Å². The maximum absolute atomic E-state index is 15.1. The summed E-state index contributed by atoms with van der Waals surface area (Å²) in [6.45, 7) is 2.86. The van der Waals surface area contributed by atoms with Gasteiger partial charge in [0.05, 0.1) is 0 Å². The van der Waals surface area contributed by atoms with Gasteiger partial charge in [0.2, 0.25) is 6.29 Å². The van der Waals surface area contributed by atoms with Crippen LogP contribution in [0.25, 0.3) is 5.57 Å². The lowest BCUT2D eigenvalue weighted by Gasteiger charge is -2.35. The molecule has 34 heavy (non-hydrogen) atoms. The quantitative estimate of drug-likeness (QED) is 0.600. The Labute approximate surface area is 199 Å². The number of anilines is 1. The zero-order valence-corrected chi connectivity index (χ0v) is 19.1. The van der Waals surface area contributed by atoms with E-state index in [2.05, 4.69) is 4.90 Å². The van der Waals surface area contributed by atoms with Gasteiger partial charge < -0.3 is 24.0 Å². The molecule has 0 spiro atoms. The van der Waals surface area contributed by atoms with Crippen LogP contribution >= 0.6 is 0 Å². The first-order chi connectivity index (χ1) is 16.7. The molecule has 0 N–H and O–H groups in total. The Kier molecular flexibility index (Phi) is 6.70. The Morgan fingerprint density at radius 2 is 1.79 bits per heavy atom. The first kappa shape index (κ1) is 22.3. The number of ether oxygens (including phenoxy) is 3. The van der Waals surface area contributed by atoms with Crippen molar-refractivity contribution in [2.24, 2.45) is 5.92 Å².